The largest absolute Gasteiger partial charge is 0.331 e. The van der Waals surface area contributed by atoms with Crippen molar-refractivity contribution in [3.05, 3.63) is 30.1 Å². The molecule has 2 atom stereocenters. The van der Waals surface area contributed by atoms with Crippen molar-refractivity contribution in [2.45, 2.75) is 44.7 Å². The van der Waals surface area contributed by atoms with Crippen LogP contribution in [-0.2, 0) is 19.6 Å². The predicted octanol–water partition coefficient (Wildman–Crippen LogP) is 0.596. The van der Waals surface area contributed by atoms with Crippen molar-refractivity contribution in [2.24, 2.45) is 0 Å². The Balaban J connectivity index is 1.82. The molecule has 1 aromatic rings. The molecular formula is C17H21N3O5S. The third-order valence-corrected chi connectivity index (χ3v) is 6.55. The second-order valence-corrected chi connectivity index (χ2v) is 8.30. The molecule has 0 N–H and O–H groups in total. The zero-order valence-corrected chi connectivity index (χ0v) is 15.3. The molecule has 2 aliphatic heterocycles. The first-order valence-corrected chi connectivity index (χ1v) is 10.1. The number of ketones is 1. The van der Waals surface area contributed by atoms with Crippen molar-refractivity contribution in [1.82, 2.24) is 14.2 Å². The molecule has 1 amide bonds. The van der Waals surface area contributed by atoms with Crippen molar-refractivity contribution >= 4 is 26.8 Å². The van der Waals surface area contributed by atoms with Crippen LogP contribution in [0.2, 0.25) is 0 Å². The molecular weight excluding hydrogens is 358 g/mol. The molecule has 9 heteroatoms. The standard InChI is InChI=1S/C17H21N3O5S/c1-2-3-7-15(22)19-10-8-13-16(19)14(21)11-20(13)26(24,25)17(23)12-6-4-5-9-18-12/h4-6,9,13,16H,2-3,7-8,10-11H2,1H3. The molecule has 0 aliphatic carbocycles. The molecule has 140 valence electrons. The molecule has 3 rings (SSSR count). The number of likely N-dealkylation sites (tertiary alicyclic amines) is 1. The van der Waals surface area contributed by atoms with Crippen LogP contribution in [-0.4, -0.2) is 64.6 Å². The van der Waals surface area contributed by atoms with Gasteiger partial charge >= 0.3 is 5.12 Å². The zero-order chi connectivity index (χ0) is 18.9. The maximum absolute atomic E-state index is 12.8. The molecule has 2 fully saturated rings. The minimum Gasteiger partial charge on any atom is -0.331 e. The smallest absolute Gasteiger partial charge is 0.310 e. The lowest BCUT2D eigenvalue weighted by atomic mass is 10.1. The van der Waals surface area contributed by atoms with Crippen LogP contribution in [0, 0.1) is 0 Å². The number of fused-ring (bicyclic) bond motifs is 1. The lowest BCUT2D eigenvalue weighted by Gasteiger charge is -2.23. The van der Waals surface area contributed by atoms with Crippen molar-refractivity contribution in [1.29, 1.82) is 0 Å². The summed E-state index contributed by atoms with van der Waals surface area (Å²) >= 11 is 0. The van der Waals surface area contributed by atoms with Crippen LogP contribution in [0.3, 0.4) is 0 Å². The number of carbonyl (C=O) groups is 3. The van der Waals surface area contributed by atoms with Crippen molar-refractivity contribution < 1.29 is 22.8 Å². The Morgan fingerprint density at radius 2 is 2.08 bits per heavy atom. The van der Waals surface area contributed by atoms with Gasteiger partial charge < -0.3 is 4.90 Å². The second-order valence-electron chi connectivity index (χ2n) is 6.51. The van der Waals surface area contributed by atoms with Crippen LogP contribution in [0.15, 0.2) is 24.4 Å². The summed E-state index contributed by atoms with van der Waals surface area (Å²) in [7, 11) is -4.37. The Bertz CT molecular complexity index is 824. The van der Waals surface area contributed by atoms with Gasteiger partial charge in [0, 0.05) is 19.2 Å². The predicted molar refractivity (Wildman–Crippen MR) is 92.6 cm³/mol. The van der Waals surface area contributed by atoms with Crippen LogP contribution < -0.4 is 0 Å². The lowest BCUT2D eigenvalue weighted by Crippen LogP contribution is -2.44. The number of aromatic nitrogens is 1. The molecule has 0 aromatic carbocycles. The number of unbranched alkanes of at least 4 members (excludes halogenated alkanes) is 1. The first-order chi connectivity index (χ1) is 12.4. The van der Waals surface area contributed by atoms with E-state index < -0.39 is 27.2 Å². The summed E-state index contributed by atoms with van der Waals surface area (Å²) in [4.78, 5) is 42.5. The Hall–Kier alpha value is -2.13. The fraction of sp³-hybridized carbons (Fsp3) is 0.529. The van der Waals surface area contributed by atoms with Crippen LogP contribution >= 0.6 is 0 Å². The number of carbonyl (C=O) groups excluding carboxylic acids is 3. The number of pyridine rings is 1. The van der Waals surface area contributed by atoms with Crippen LogP contribution in [0.4, 0.5) is 0 Å². The summed E-state index contributed by atoms with van der Waals surface area (Å²) in [6, 6.07) is 2.97. The van der Waals surface area contributed by atoms with E-state index in [9.17, 15) is 22.8 Å². The fourth-order valence-electron chi connectivity index (χ4n) is 3.57. The number of nitrogens with zero attached hydrogens (tertiary/aromatic N) is 3. The minimum atomic E-state index is -4.37. The van der Waals surface area contributed by atoms with E-state index in [-0.39, 0.29) is 23.9 Å². The van der Waals surface area contributed by atoms with E-state index in [1.165, 1.54) is 23.2 Å². The summed E-state index contributed by atoms with van der Waals surface area (Å²) in [6.45, 7) is 1.92. The Kier molecular flexibility index (Phi) is 5.19. The Labute approximate surface area is 152 Å². The summed E-state index contributed by atoms with van der Waals surface area (Å²) in [5.74, 6) is -0.474. The van der Waals surface area contributed by atoms with E-state index >= 15 is 0 Å². The van der Waals surface area contributed by atoms with Gasteiger partial charge in [-0.2, -0.15) is 4.31 Å². The number of hydrogen-bond donors (Lipinski definition) is 0. The highest BCUT2D eigenvalue weighted by Gasteiger charge is 2.54. The topological polar surface area (TPSA) is 105 Å². The van der Waals surface area contributed by atoms with Crippen LogP contribution in [0.25, 0.3) is 0 Å². The molecule has 26 heavy (non-hydrogen) atoms. The maximum Gasteiger partial charge on any atom is 0.310 e. The molecule has 2 saturated heterocycles. The molecule has 0 radical (unpaired) electrons. The molecule has 2 aliphatic rings. The van der Waals surface area contributed by atoms with Gasteiger partial charge in [-0.1, -0.05) is 19.4 Å². The minimum absolute atomic E-state index is 0.136. The SMILES string of the molecule is CCCCC(=O)N1CCC2C1C(=O)CN2S(=O)(=O)C(=O)c1ccccn1. The van der Waals surface area contributed by atoms with Crippen LogP contribution in [0.5, 0.6) is 0 Å². The number of rotatable bonds is 5. The normalized spacial score (nSPS) is 23.3. The Morgan fingerprint density at radius 3 is 2.73 bits per heavy atom. The second kappa shape index (κ2) is 7.24. The number of amides is 1. The van der Waals surface area contributed by atoms with Gasteiger partial charge in [-0.15, -0.1) is 0 Å². The summed E-state index contributed by atoms with van der Waals surface area (Å²) in [6.07, 6.45) is 3.61. The van der Waals surface area contributed by atoms with E-state index in [1.807, 2.05) is 6.92 Å². The maximum atomic E-state index is 12.8. The summed E-state index contributed by atoms with van der Waals surface area (Å²) in [5, 5.41) is -1.12. The quantitative estimate of drug-likeness (QED) is 0.742. The van der Waals surface area contributed by atoms with Gasteiger partial charge in [0.15, 0.2) is 5.78 Å². The first-order valence-electron chi connectivity index (χ1n) is 8.67. The molecule has 0 spiro atoms. The average Bonchev–Trinajstić information content (AvgIpc) is 3.21. The third kappa shape index (κ3) is 3.16. The van der Waals surface area contributed by atoms with E-state index in [0.717, 1.165) is 17.1 Å². The fourth-order valence-corrected chi connectivity index (χ4v) is 5.04. The molecule has 2 unspecified atom stereocenters. The third-order valence-electron chi connectivity index (χ3n) is 4.86. The van der Waals surface area contributed by atoms with Gasteiger partial charge in [0.1, 0.15) is 11.7 Å². The van der Waals surface area contributed by atoms with Gasteiger partial charge in [-0.25, -0.2) is 8.42 Å². The van der Waals surface area contributed by atoms with Gasteiger partial charge in [0.25, 0.3) is 10.0 Å². The molecule has 0 saturated carbocycles. The first kappa shape index (κ1) is 18.7. The number of sulfonamides is 1. The number of hydrogen-bond acceptors (Lipinski definition) is 6. The van der Waals surface area contributed by atoms with Gasteiger partial charge in [0.05, 0.1) is 12.6 Å². The zero-order valence-electron chi connectivity index (χ0n) is 14.5. The lowest BCUT2D eigenvalue weighted by molar-refractivity contribution is -0.136. The molecule has 8 nitrogen and oxygen atoms in total. The molecule has 3 heterocycles. The van der Waals surface area contributed by atoms with Crippen LogP contribution in [0.1, 0.15) is 43.1 Å². The van der Waals surface area contributed by atoms with E-state index in [4.69, 9.17) is 0 Å². The van der Waals surface area contributed by atoms with E-state index in [0.29, 0.717) is 19.4 Å². The van der Waals surface area contributed by atoms with Gasteiger partial charge in [0.2, 0.25) is 5.91 Å². The molecule has 1 aromatic heterocycles. The average molecular weight is 379 g/mol. The highest BCUT2D eigenvalue weighted by molar-refractivity contribution is 8.04. The van der Waals surface area contributed by atoms with E-state index in [1.54, 1.807) is 6.07 Å². The molecule has 0 bridgehead atoms. The highest BCUT2D eigenvalue weighted by Crippen LogP contribution is 2.33. The van der Waals surface area contributed by atoms with Gasteiger partial charge in [-0.3, -0.25) is 19.4 Å². The van der Waals surface area contributed by atoms with Crippen molar-refractivity contribution in [2.75, 3.05) is 13.1 Å². The summed E-state index contributed by atoms with van der Waals surface area (Å²) in [5.41, 5.74) is -0.183. The van der Waals surface area contributed by atoms with E-state index in [2.05, 4.69) is 4.98 Å². The van der Waals surface area contributed by atoms with Crippen molar-refractivity contribution in [3.63, 3.8) is 0 Å². The van der Waals surface area contributed by atoms with Crippen molar-refractivity contribution in [3.8, 4) is 0 Å². The monoisotopic (exact) mass is 379 g/mol. The highest BCUT2D eigenvalue weighted by atomic mass is 32.2. The van der Waals surface area contributed by atoms with Gasteiger partial charge in [-0.05, 0) is 25.0 Å². The summed E-state index contributed by atoms with van der Waals surface area (Å²) < 4.78 is 26.4. The Morgan fingerprint density at radius 1 is 1.31 bits per heavy atom. The number of Topliss-reactive ketones (excluding diaryl/α,β-unsaturated/α-hetero) is 1.